The van der Waals surface area contributed by atoms with E-state index < -0.39 is 0 Å². The lowest BCUT2D eigenvalue weighted by molar-refractivity contribution is -0.525. The first-order chi connectivity index (χ1) is 6.95. The molecule has 1 aliphatic rings. The highest BCUT2D eigenvalue weighted by molar-refractivity contribution is 5.31. The van der Waals surface area contributed by atoms with Crippen LogP contribution in [-0.2, 0) is 12.8 Å². The van der Waals surface area contributed by atoms with Crippen LogP contribution in [0.25, 0.3) is 5.65 Å². The minimum Gasteiger partial charge on any atom is -0.200 e. The van der Waals surface area contributed by atoms with Crippen LogP contribution in [0.5, 0.6) is 0 Å². The van der Waals surface area contributed by atoms with E-state index in [9.17, 15) is 0 Å². The Bertz CT molecular complexity index is 477. The van der Waals surface area contributed by atoms with Crippen LogP contribution in [0.4, 0.5) is 0 Å². The molecule has 3 rings (SSSR count). The van der Waals surface area contributed by atoms with E-state index in [1.165, 1.54) is 36.9 Å². The molecule has 2 aromatic rings. The average molecular weight is 185 g/mol. The van der Waals surface area contributed by atoms with Crippen LogP contribution < -0.4 is 4.40 Å². The van der Waals surface area contributed by atoms with Gasteiger partial charge in [0.05, 0.1) is 6.20 Å². The molecule has 2 nitrogen and oxygen atoms in total. The molecule has 0 saturated heterocycles. The fourth-order valence-electron chi connectivity index (χ4n) is 2.24. The predicted molar refractivity (Wildman–Crippen MR) is 54.0 cm³/mol. The van der Waals surface area contributed by atoms with Gasteiger partial charge in [0, 0.05) is 18.1 Å². The summed E-state index contributed by atoms with van der Waals surface area (Å²) < 4.78 is 2.23. The van der Waals surface area contributed by atoms with Crippen molar-refractivity contribution >= 4 is 5.65 Å². The van der Waals surface area contributed by atoms with Gasteiger partial charge >= 0.3 is 5.65 Å². The topological polar surface area (TPSA) is 17.0 Å². The van der Waals surface area contributed by atoms with Gasteiger partial charge in [-0.25, -0.2) is 4.40 Å². The van der Waals surface area contributed by atoms with Gasteiger partial charge in [0.2, 0.25) is 0 Å². The lowest BCUT2D eigenvalue weighted by Gasteiger charge is -2.12. The number of aryl methyl sites for hydroxylation is 2. The molecule has 1 aliphatic carbocycles. The Morgan fingerprint density at radius 1 is 1.14 bits per heavy atom. The zero-order chi connectivity index (χ0) is 9.38. The fraction of sp³-hybridized carbons (Fsp3) is 0.333. The second-order valence-electron chi connectivity index (χ2n) is 3.87. The molecule has 0 aliphatic heterocycles. The summed E-state index contributed by atoms with van der Waals surface area (Å²) in [5.41, 5.74) is 3.95. The smallest absolute Gasteiger partial charge is 0.200 e. The third kappa shape index (κ3) is 1.10. The van der Waals surface area contributed by atoms with E-state index in [2.05, 4.69) is 27.7 Å². The molecule has 0 bridgehead atoms. The molecule has 14 heavy (non-hydrogen) atoms. The van der Waals surface area contributed by atoms with E-state index in [4.69, 9.17) is 0 Å². The second kappa shape index (κ2) is 3.05. The van der Waals surface area contributed by atoms with Gasteiger partial charge < -0.3 is 0 Å². The lowest BCUT2D eigenvalue weighted by Crippen LogP contribution is -2.31. The number of fused-ring (bicyclic) bond motifs is 3. The summed E-state index contributed by atoms with van der Waals surface area (Å²) in [6.07, 6.45) is 9.18. The van der Waals surface area contributed by atoms with E-state index in [0.717, 1.165) is 5.65 Å². The number of hydrogen-bond donors (Lipinski definition) is 0. The maximum absolute atomic E-state index is 4.46. The van der Waals surface area contributed by atoms with Crippen LogP contribution in [-0.4, -0.2) is 4.98 Å². The van der Waals surface area contributed by atoms with Gasteiger partial charge in [0.15, 0.2) is 0 Å². The molecular weight excluding hydrogens is 172 g/mol. The van der Waals surface area contributed by atoms with Crippen molar-refractivity contribution in [2.75, 3.05) is 0 Å². The molecule has 0 unspecified atom stereocenters. The minimum atomic E-state index is 1.06. The summed E-state index contributed by atoms with van der Waals surface area (Å²) in [7, 11) is 0. The molecule has 70 valence electrons. The van der Waals surface area contributed by atoms with E-state index in [1.807, 2.05) is 12.3 Å². The second-order valence-corrected chi connectivity index (χ2v) is 3.87. The van der Waals surface area contributed by atoms with Crippen molar-refractivity contribution in [1.29, 1.82) is 0 Å². The maximum atomic E-state index is 4.46. The summed E-state index contributed by atoms with van der Waals surface area (Å²) in [6.45, 7) is 0. The lowest BCUT2D eigenvalue weighted by atomic mass is 9.97. The molecule has 0 spiro atoms. The standard InChI is InChI=1S/C12H13N2/c1-2-6-11-10(5-1)9-13-12-7-3-4-8-14(11)12/h3-4,7-9H,1-2,5-6H2/q+1. The van der Waals surface area contributed by atoms with Crippen molar-refractivity contribution in [1.82, 2.24) is 4.98 Å². The Balaban J connectivity index is 2.34. The largest absolute Gasteiger partial charge is 0.327 e. The summed E-state index contributed by atoms with van der Waals surface area (Å²) in [6, 6.07) is 6.18. The molecule has 0 amide bonds. The number of nitrogens with zero attached hydrogens (tertiary/aromatic N) is 2. The van der Waals surface area contributed by atoms with Crippen molar-refractivity contribution in [2.45, 2.75) is 25.7 Å². The monoisotopic (exact) mass is 185 g/mol. The molecule has 0 fully saturated rings. The Morgan fingerprint density at radius 3 is 3.07 bits per heavy atom. The Hall–Kier alpha value is -1.44. The molecule has 2 heterocycles. The van der Waals surface area contributed by atoms with Gasteiger partial charge in [-0.2, -0.15) is 0 Å². The first-order valence-electron chi connectivity index (χ1n) is 5.22. The third-order valence-corrected chi connectivity index (χ3v) is 2.96. The minimum absolute atomic E-state index is 1.06. The maximum Gasteiger partial charge on any atom is 0.327 e. The van der Waals surface area contributed by atoms with Crippen molar-refractivity contribution in [3.05, 3.63) is 41.9 Å². The number of aromatic nitrogens is 2. The van der Waals surface area contributed by atoms with Crippen LogP contribution in [0, 0.1) is 0 Å². The van der Waals surface area contributed by atoms with Crippen molar-refractivity contribution in [3.8, 4) is 0 Å². The molecule has 0 atom stereocenters. The number of rotatable bonds is 0. The van der Waals surface area contributed by atoms with Gasteiger partial charge in [0.25, 0.3) is 0 Å². The quantitative estimate of drug-likeness (QED) is 0.571. The van der Waals surface area contributed by atoms with Crippen molar-refractivity contribution < 1.29 is 4.40 Å². The molecule has 0 aromatic carbocycles. The third-order valence-electron chi connectivity index (χ3n) is 2.96. The van der Waals surface area contributed by atoms with E-state index in [-0.39, 0.29) is 0 Å². The number of pyridine rings is 1. The van der Waals surface area contributed by atoms with Crippen molar-refractivity contribution in [2.24, 2.45) is 0 Å². The summed E-state index contributed by atoms with van der Waals surface area (Å²) >= 11 is 0. The first kappa shape index (κ1) is 7.92. The summed E-state index contributed by atoms with van der Waals surface area (Å²) in [5, 5.41) is 0. The predicted octanol–water partition coefficient (Wildman–Crippen LogP) is 1.70. The molecular formula is C12H13N2+. The van der Waals surface area contributed by atoms with Crippen LogP contribution in [0.1, 0.15) is 24.1 Å². The normalized spacial score (nSPS) is 15.4. The van der Waals surface area contributed by atoms with E-state index in [1.54, 1.807) is 0 Å². The van der Waals surface area contributed by atoms with Crippen LogP contribution in [0.3, 0.4) is 0 Å². The Morgan fingerprint density at radius 2 is 2.07 bits per heavy atom. The van der Waals surface area contributed by atoms with Crippen LogP contribution in [0.15, 0.2) is 30.6 Å². The first-order valence-corrected chi connectivity index (χ1v) is 5.22. The number of hydrogen-bond acceptors (Lipinski definition) is 1. The molecule has 2 heteroatoms. The fourth-order valence-corrected chi connectivity index (χ4v) is 2.24. The molecule has 0 N–H and O–H groups in total. The zero-order valence-electron chi connectivity index (χ0n) is 8.11. The highest BCUT2D eigenvalue weighted by Gasteiger charge is 2.17. The van der Waals surface area contributed by atoms with Gasteiger partial charge in [0.1, 0.15) is 11.9 Å². The Labute approximate surface area is 83.2 Å². The highest BCUT2D eigenvalue weighted by atomic mass is 15.0. The zero-order valence-corrected chi connectivity index (χ0v) is 8.11. The van der Waals surface area contributed by atoms with Crippen molar-refractivity contribution in [3.63, 3.8) is 0 Å². The average Bonchev–Trinajstić information content (AvgIpc) is 2.29. The van der Waals surface area contributed by atoms with Crippen LogP contribution in [0.2, 0.25) is 0 Å². The van der Waals surface area contributed by atoms with Crippen LogP contribution >= 0.6 is 0 Å². The Kier molecular flexibility index (Phi) is 1.72. The van der Waals surface area contributed by atoms with Gasteiger partial charge in [-0.3, -0.25) is 0 Å². The van der Waals surface area contributed by atoms with Gasteiger partial charge in [-0.1, -0.05) is 6.07 Å². The SMILES string of the molecule is c1cc[n+]2c3c(cnc2c1)CCCC3. The molecule has 0 saturated carbocycles. The van der Waals surface area contributed by atoms with Gasteiger partial charge in [-0.15, -0.1) is 0 Å². The summed E-state index contributed by atoms with van der Waals surface area (Å²) in [5.74, 6) is 0. The molecule has 0 radical (unpaired) electrons. The molecule has 2 aromatic heterocycles. The summed E-state index contributed by atoms with van der Waals surface area (Å²) in [4.78, 5) is 4.46. The highest BCUT2D eigenvalue weighted by Crippen LogP contribution is 2.17. The van der Waals surface area contributed by atoms with E-state index >= 15 is 0 Å². The van der Waals surface area contributed by atoms with E-state index in [0.29, 0.717) is 0 Å². The van der Waals surface area contributed by atoms with Gasteiger partial charge in [-0.05, 0) is 30.3 Å².